The molecule has 0 spiro atoms. The van der Waals surface area contributed by atoms with Gasteiger partial charge in [-0.1, -0.05) is 18.2 Å². The van der Waals surface area contributed by atoms with E-state index in [-0.39, 0.29) is 10.9 Å². The minimum Gasteiger partial charge on any atom is -0.508 e. The zero-order valence-electron chi connectivity index (χ0n) is 11.4. The predicted molar refractivity (Wildman–Crippen MR) is 83.6 cm³/mol. The molecule has 2 aliphatic carbocycles. The van der Waals surface area contributed by atoms with Crippen molar-refractivity contribution in [1.29, 1.82) is 0 Å². The Morgan fingerprint density at radius 3 is 2.67 bits per heavy atom. The molecule has 0 aliphatic heterocycles. The molecule has 2 aliphatic rings. The summed E-state index contributed by atoms with van der Waals surface area (Å²) >= 11 is 4.61. The number of thiocarbonyl (C=S) groups is 1. The van der Waals surface area contributed by atoms with Crippen LogP contribution in [-0.4, -0.2) is 16.1 Å². The second-order valence-electron chi connectivity index (χ2n) is 5.60. The molecule has 3 unspecified atom stereocenters. The van der Waals surface area contributed by atoms with Crippen LogP contribution >= 0.6 is 12.2 Å². The summed E-state index contributed by atoms with van der Waals surface area (Å²) in [7, 11) is 0. The van der Waals surface area contributed by atoms with Crippen molar-refractivity contribution in [2.75, 3.05) is 0 Å². The lowest BCUT2D eigenvalue weighted by Gasteiger charge is -2.20. The summed E-state index contributed by atoms with van der Waals surface area (Å²) in [5.74, 6) is 1.28. The topological polar surface area (TPSA) is 87.4 Å². The summed E-state index contributed by atoms with van der Waals surface area (Å²) in [6, 6.07) is 5.03. The lowest BCUT2D eigenvalue weighted by Crippen LogP contribution is -2.44. The van der Waals surface area contributed by atoms with Crippen LogP contribution in [0.1, 0.15) is 34.7 Å². The van der Waals surface area contributed by atoms with Gasteiger partial charge in [0.25, 0.3) is 5.91 Å². The van der Waals surface area contributed by atoms with Gasteiger partial charge in [-0.05, 0) is 60.5 Å². The first kappa shape index (κ1) is 13.9. The highest BCUT2D eigenvalue weighted by atomic mass is 32.1. The van der Waals surface area contributed by atoms with Crippen LogP contribution in [0.3, 0.4) is 0 Å². The summed E-state index contributed by atoms with van der Waals surface area (Å²) in [4.78, 5) is 11.9. The van der Waals surface area contributed by atoms with Gasteiger partial charge in [-0.2, -0.15) is 0 Å². The third kappa shape index (κ3) is 2.71. The van der Waals surface area contributed by atoms with Crippen molar-refractivity contribution in [2.24, 2.45) is 17.6 Å². The Bertz CT molecular complexity index is 629. The highest BCUT2D eigenvalue weighted by molar-refractivity contribution is 7.80. The minimum absolute atomic E-state index is 0.0158. The largest absolute Gasteiger partial charge is 0.508 e. The van der Waals surface area contributed by atoms with Crippen molar-refractivity contribution in [1.82, 2.24) is 10.9 Å². The van der Waals surface area contributed by atoms with Gasteiger partial charge >= 0.3 is 0 Å². The Balaban J connectivity index is 1.75. The maximum atomic E-state index is 11.9. The van der Waals surface area contributed by atoms with Crippen molar-refractivity contribution < 1.29 is 9.90 Å². The van der Waals surface area contributed by atoms with Crippen molar-refractivity contribution in [3.63, 3.8) is 0 Å². The number of carbonyl (C=O) groups excluding carboxylic acids is 1. The molecule has 2 bridgehead atoms. The maximum absolute atomic E-state index is 11.9. The van der Waals surface area contributed by atoms with Crippen LogP contribution in [-0.2, 0) is 0 Å². The van der Waals surface area contributed by atoms with E-state index in [1.807, 2.05) is 6.07 Å². The number of hydrazine groups is 1. The van der Waals surface area contributed by atoms with Gasteiger partial charge in [0.1, 0.15) is 5.75 Å². The van der Waals surface area contributed by atoms with Crippen LogP contribution in [0.15, 0.2) is 30.4 Å². The van der Waals surface area contributed by atoms with Gasteiger partial charge in [-0.3, -0.25) is 15.6 Å². The summed E-state index contributed by atoms with van der Waals surface area (Å²) in [5.41, 5.74) is 11.3. The molecule has 21 heavy (non-hydrogen) atoms. The van der Waals surface area contributed by atoms with E-state index in [9.17, 15) is 9.90 Å². The maximum Gasteiger partial charge on any atom is 0.269 e. The molecular weight excluding hydrogens is 286 g/mol. The number of carbonyl (C=O) groups is 1. The number of nitrogens with one attached hydrogen (secondary N) is 2. The Morgan fingerprint density at radius 1 is 1.29 bits per heavy atom. The number of rotatable bonds is 2. The molecule has 1 aromatic rings. The molecule has 0 aromatic heterocycles. The smallest absolute Gasteiger partial charge is 0.269 e. The standard InChI is InChI=1S/C15H17N3O2S/c16-15(21)18-17-14(20)10-3-4-11(13(19)7-10)12-6-8-1-2-9(12)5-8/h1-4,7-9,12,19H,5-6H2,(H,17,20)(H3,16,18,21). The first-order valence-electron chi connectivity index (χ1n) is 6.91. The molecule has 3 atom stereocenters. The molecule has 0 heterocycles. The summed E-state index contributed by atoms with van der Waals surface area (Å²) < 4.78 is 0. The van der Waals surface area contributed by atoms with Crippen LogP contribution < -0.4 is 16.6 Å². The van der Waals surface area contributed by atoms with Crippen molar-refractivity contribution in [2.45, 2.75) is 18.8 Å². The second-order valence-corrected chi connectivity index (χ2v) is 6.04. The lowest BCUT2D eigenvalue weighted by atomic mass is 9.86. The molecule has 0 saturated heterocycles. The lowest BCUT2D eigenvalue weighted by molar-refractivity contribution is 0.0943. The third-order valence-electron chi connectivity index (χ3n) is 4.27. The average Bonchev–Trinajstić information content (AvgIpc) is 3.07. The van der Waals surface area contributed by atoms with Crippen molar-refractivity contribution in [3.8, 4) is 5.75 Å². The molecule has 5 N–H and O–H groups in total. The van der Waals surface area contributed by atoms with E-state index in [1.165, 1.54) is 12.5 Å². The monoisotopic (exact) mass is 303 g/mol. The van der Waals surface area contributed by atoms with E-state index in [1.54, 1.807) is 6.07 Å². The second kappa shape index (κ2) is 5.37. The van der Waals surface area contributed by atoms with Crippen LogP contribution in [0.5, 0.6) is 5.75 Å². The molecule has 1 aromatic carbocycles. The fourth-order valence-electron chi connectivity index (χ4n) is 3.33. The Kier molecular flexibility index (Phi) is 3.55. The number of hydrogen-bond donors (Lipinski definition) is 4. The van der Waals surface area contributed by atoms with Gasteiger partial charge in [0.2, 0.25) is 0 Å². The van der Waals surface area contributed by atoms with E-state index < -0.39 is 5.91 Å². The number of nitrogens with two attached hydrogens (primary N) is 1. The summed E-state index contributed by atoms with van der Waals surface area (Å²) in [5, 5.41) is 10.2. The van der Waals surface area contributed by atoms with Crippen LogP contribution in [0.4, 0.5) is 0 Å². The first-order valence-corrected chi connectivity index (χ1v) is 7.32. The van der Waals surface area contributed by atoms with Crippen molar-refractivity contribution in [3.05, 3.63) is 41.5 Å². The fourth-order valence-corrected chi connectivity index (χ4v) is 3.38. The van der Waals surface area contributed by atoms with E-state index in [0.717, 1.165) is 12.0 Å². The van der Waals surface area contributed by atoms with Gasteiger partial charge in [0, 0.05) is 5.56 Å². The molecule has 0 radical (unpaired) electrons. The number of allylic oxidation sites excluding steroid dienone is 2. The number of phenolic OH excluding ortho intramolecular Hbond substituents is 1. The molecule has 5 nitrogen and oxygen atoms in total. The van der Waals surface area contributed by atoms with Gasteiger partial charge in [0.15, 0.2) is 5.11 Å². The number of fused-ring (bicyclic) bond motifs is 2. The van der Waals surface area contributed by atoms with Gasteiger partial charge in [-0.15, -0.1) is 0 Å². The quantitative estimate of drug-likeness (QED) is 0.378. The Hall–Kier alpha value is -2.08. The average molecular weight is 303 g/mol. The predicted octanol–water partition coefficient (Wildman–Crippen LogP) is 1.55. The fraction of sp³-hybridized carbons (Fsp3) is 0.333. The molecule has 3 rings (SSSR count). The minimum atomic E-state index is -0.391. The highest BCUT2D eigenvalue weighted by Crippen LogP contribution is 2.50. The highest BCUT2D eigenvalue weighted by Gasteiger charge is 2.37. The molecular formula is C15H17N3O2S. The Labute approximate surface area is 128 Å². The number of benzene rings is 1. The molecule has 110 valence electrons. The van der Waals surface area contributed by atoms with Gasteiger partial charge in [-0.25, -0.2) is 0 Å². The van der Waals surface area contributed by atoms with E-state index in [4.69, 9.17) is 5.73 Å². The van der Waals surface area contributed by atoms with Gasteiger partial charge < -0.3 is 10.8 Å². The number of amides is 1. The molecule has 6 heteroatoms. The van der Waals surface area contributed by atoms with E-state index in [0.29, 0.717) is 23.3 Å². The number of phenols is 1. The zero-order valence-corrected chi connectivity index (χ0v) is 12.2. The van der Waals surface area contributed by atoms with E-state index >= 15 is 0 Å². The molecule has 1 saturated carbocycles. The van der Waals surface area contributed by atoms with Crippen molar-refractivity contribution >= 4 is 23.2 Å². The molecule has 1 amide bonds. The summed E-state index contributed by atoms with van der Waals surface area (Å²) in [6.45, 7) is 0. The van der Waals surface area contributed by atoms with Gasteiger partial charge in [0.05, 0.1) is 0 Å². The molecule has 1 fully saturated rings. The van der Waals surface area contributed by atoms with Crippen LogP contribution in [0.25, 0.3) is 0 Å². The van der Waals surface area contributed by atoms with Crippen LogP contribution in [0, 0.1) is 11.8 Å². The normalized spacial score (nSPS) is 25.8. The van der Waals surface area contributed by atoms with E-state index in [2.05, 4.69) is 35.2 Å². The third-order valence-corrected chi connectivity index (χ3v) is 4.37. The SMILES string of the molecule is NC(=S)NNC(=O)c1ccc(C2CC3C=CC2C3)c(O)c1. The summed E-state index contributed by atoms with van der Waals surface area (Å²) in [6.07, 6.45) is 6.75. The zero-order chi connectivity index (χ0) is 15.0. The Morgan fingerprint density at radius 2 is 2.10 bits per heavy atom. The van der Waals surface area contributed by atoms with Crippen LogP contribution in [0.2, 0.25) is 0 Å². The number of aromatic hydroxyl groups is 1. The number of hydrogen-bond acceptors (Lipinski definition) is 3. The first-order chi connectivity index (χ1) is 10.0.